The van der Waals surface area contributed by atoms with Crippen LogP contribution in [0.15, 0.2) is 18.2 Å². The van der Waals surface area contributed by atoms with E-state index in [0.717, 1.165) is 47.6 Å². The zero-order valence-electron chi connectivity index (χ0n) is 12.1. The lowest BCUT2D eigenvalue weighted by Gasteiger charge is -2.33. The van der Waals surface area contributed by atoms with Gasteiger partial charge in [0.2, 0.25) is 0 Å². The minimum atomic E-state index is 0.307. The molecule has 106 valence electrons. The summed E-state index contributed by atoms with van der Waals surface area (Å²) in [5.74, 6) is 2.40. The van der Waals surface area contributed by atoms with Crippen molar-refractivity contribution in [1.29, 1.82) is 0 Å². The van der Waals surface area contributed by atoms with Crippen LogP contribution in [0.2, 0.25) is 5.02 Å². The van der Waals surface area contributed by atoms with Gasteiger partial charge in [-0.05, 0) is 44.2 Å². The Hall–Kier alpha value is -0.730. The molecule has 3 unspecified atom stereocenters. The topological polar surface area (TPSA) is 21.3 Å². The van der Waals surface area contributed by atoms with Gasteiger partial charge in [-0.15, -0.1) is 0 Å². The molecular weight excluding hydrogens is 258 g/mol. The molecule has 1 fully saturated rings. The molecule has 2 rings (SSSR count). The van der Waals surface area contributed by atoms with Crippen LogP contribution in [0.1, 0.15) is 38.7 Å². The summed E-state index contributed by atoms with van der Waals surface area (Å²) in [6.07, 6.45) is 3.82. The van der Waals surface area contributed by atoms with E-state index in [0.29, 0.717) is 6.10 Å². The molecule has 3 heteroatoms. The average Bonchev–Trinajstić information content (AvgIpc) is 2.38. The fourth-order valence-corrected chi connectivity index (χ4v) is 3.03. The molecule has 1 aliphatic rings. The van der Waals surface area contributed by atoms with Crippen molar-refractivity contribution in [3.8, 4) is 5.75 Å². The molecule has 0 spiro atoms. The normalized spacial score (nSPS) is 27.3. The molecule has 0 heterocycles. The third kappa shape index (κ3) is 3.64. The van der Waals surface area contributed by atoms with Crippen LogP contribution in [0.4, 0.5) is 0 Å². The van der Waals surface area contributed by atoms with E-state index in [9.17, 15) is 0 Å². The third-order valence-corrected chi connectivity index (χ3v) is 4.55. The van der Waals surface area contributed by atoms with Crippen LogP contribution >= 0.6 is 11.6 Å². The first-order valence-corrected chi connectivity index (χ1v) is 7.58. The number of nitrogens with one attached hydrogen (secondary N) is 1. The molecule has 1 N–H and O–H groups in total. The standard InChI is InChI=1S/C16H24ClNO/c1-11-7-8-14(9-12(11)2)19-16-13(10-18-3)5-4-6-15(16)17/h4-6,11-12,14,18H,7-10H2,1-3H3. The maximum Gasteiger partial charge on any atom is 0.142 e. The second kappa shape index (κ2) is 6.62. The Morgan fingerprint density at radius 2 is 2.05 bits per heavy atom. The highest BCUT2D eigenvalue weighted by atomic mass is 35.5. The van der Waals surface area contributed by atoms with Crippen LogP contribution in [0.5, 0.6) is 5.75 Å². The summed E-state index contributed by atoms with van der Waals surface area (Å²) in [7, 11) is 1.94. The first-order chi connectivity index (χ1) is 9.11. The van der Waals surface area contributed by atoms with Gasteiger partial charge in [0.05, 0.1) is 11.1 Å². The molecule has 19 heavy (non-hydrogen) atoms. The van der Waals surface area contributed by atoms with Crippen LogP contribution in [-0.4, -0.2) is 13.2 Å². The van der Waals surface area contributed by atoms with Crippen molar-refractivity contribution < 1.29 is 4.74 Å². The highest BCUT2D eigenvalue weighted by Gasteiger charge is 2.26. The minimum absolute atomic E-state index is 0.307. The zero-order chi connectivity index (χ0) is 13.8. The fourth-order valence-electron chi connectivity index (χ4n) is 2.79. The number of benzene rings is 1. The van der Waals surface area contributed by atoms with Crippen molar-refractivity contribution in [2.45, 2.75) is 45.8 Å². The van der Waals surface area contributed by atoms with E-state index in [1.165, 1.54) is 6.42 Å². The first-order valence-electron chi connectivity index (χ1n) is 7.20. The summed E-state index contributed by atoms with van der Waals surface area (Å²) in [6.45, 7) is 5.44. The van der Waals surface area contributed by atoms with Crippen molar-refractivity contribution in [2.24, 2.45) is 11.8 Å². The van der Waals surface area contributed by atoms with Gasteiger partial charge >= 0.3 is 0 Å². The molecule has 0 aliphatic heterocycles. The van der Waals surface area contributed by atoms with Crippen molar-refractivity contribution in [1.82, 2.24) is 5.32 Å². The van der Waals surface area contributed by atoms with Crippen molar-refractivity contribution >= 4 is 11.6 Å². The number of hydrogen-bond donors (Lipinski definition) is 1. The Kier molecular flexibility index (Phi) is 5.12. The smallest absolute Gasteiger partial charge is 0.142 e. The highest BCUT2D eigenvalue weighted by molar-refractivity contribution is 6.32. The monoisotopic (exact) mass is 281 g/mol. The van der Waals surface area contributed by atoms with Gasteiger partial charge in [0, 0.05) is 12.1 Å². The van der Waals surface area contributed by atoms with Crippen LogP contribution < -0.4 is 10.1 Å². The van der Waals surface area contributed by atoms with E-state index in [4.69, 9.17) is 16.3 Å². The van der Waals surface area contributed by atoms with E-state index < -0.39 is 0 Å². The van der Waals surface area contributed by atoms with Crippen molar-refractivity contribution in [3.05, 3.63) is 28.8 Å². The van der Waals surface area contributed by atoms with Gasteiger partial charge < -0.3 is 10.1 Å². The summed E-state index contributed by atoms with van der Waals surface area (Å²) in [5.41, 5.74) is 1.14. The summed E-state index contributed by atoms with van der Waals surface area (Å²) < 4.78 is 6.22. The van der Waals surface area contributed by atoms with Crippen LogP contribution in [0.3, 0.4) is 0 Å². The molecule has 1 saturated carbocycles. The maximum absolute atomic E-state index is 6.30. The molecule has 2 nitrogen and oxygen atoms in total. The highest BCUT2D eigenvalue weighted by Crippen LogP contribution is 2.35. The van der Waals surface area contributed by atoms with E-state index >= 15 is 0 Å². The van der Waals surface area contributed by atoms with E-state index in [1.807, 2.05) is 19.2 Å². The quantitative estimate of drug-likeness (QED) is 0.890. The number of halogens is 1. The van der Waals surface area contributed by atoms with E-state index in [1.54, 1.807) is 0 Å². The fraction of sp³-hybridized carbons (Fsp3) is 0.625. The summed E-state index contributed by atoms with van der Waals surface area (Å²) >= 11 is 6.30. The summed E-state index contributed by atoms with van der Waals surface area (Å²) in [5, 5.41) is 3.89. The van der Waals surface area contributed by atoms with Gasteiger partial charge in [0.25, 0.3) is 0 Å². The van der Waals surface area contributed by atoms with Gasteiger partial charge in [-0.1, -0.05) is 37.6 Å². The van der Waals surface area contributed by atoms with Gasteiger partial charge in [-0.25, -0.2) is 0 Å². The Bertz CT molecular complexity index is 421. The third-order valence-electron chi connectivity index (χ3n) is 4.25. The molecule has 1 aromatic carbocycles. The second-order valence-electron chi connectivity index (χ2n) is 5.77. The van der Waals surface area contributed by atoms with Gasteiger partial charge in [-0.2, -0.15) is 0 Å². The zero-order valence-corrected chi connectivity index (χ0v) is 12.8. The molecule has 1 aromatic rings. The van der Waals surface area contributed by atoms with Crippen LogP contribution in [0.25, 0.3) is 0 Å². The maximum atomic E-state index is 6.30. The largest absolute Gasteiger partial charge is 0.489 e. The Morgan fingerprint density at radius 1 is 1.26 bits per heavy atom. The summed E-state index contributed by atoms with van der Waals surface area (Å²) in [6, 6.07) is 5.96. The lowest BCUT2D eigenvalue weighted by Crippen LogP contribution is -2.29. The van der Waals surface area contributed by atoms with Crippen molar-refractivity contribution in [2.75, 3.05) is 7.05 Å². The molecule has 0 bridgehead atoms. The van der Waals surface area contributed by atoms with Gasteiger partial charge in [0.1, 0.15) is 5.75 Å². The Morgan fingerprint density at radius 3 is 2.74 bits per heavy atom. The van der Waals surface area contributed by atoms with Gasteiger partial charge in [0.15, 0.2) is 0 Å². The Balaban J connectivity index is 2.10. The molecule has 0 radical (unpaired) electrons. The molecule has 0 saturated heterocycles. The lowest BCUT2D eigenvalue weighted by molar-refractivity contribution is 0.0997. The number of rotatable bonds is 4. The number of para-hydroxylation sites is 1. The molecule has 3 atom stereocenters. The second-order valence-corrected chi connectivity index (χ2v) is 6.17. The predicted octanol–water partition coefficient (Wildman–Crippen LogP) is 4.26. The molecule has 0 aromatic heterocycles. The van der Waals surface area contributed by atoms with Crippen LogP contribution in [0, 0.1) is 11.8 Å². The summed E-state index contributed by atoms with van der Waals surface area (Å²) in [4.78, 5) is 0. The first kappa shape index (κ1) is 14.7. The van der Waals surface area contributed by atoms with E-state index in [-0.39, 0.29) is 0 Å². The molecule has 0 amide bonds. The SMILES string of the molecule is CNCc1cccc(Cl)c1OC1CCC(C)C(C)C1. The van der Waals surface area contributed by atoms with E-state index in [2.05, 4.69) is 25.2 Å². The van der Waals surface area contributed by atoms with Crippen LogP contribution in [-0.2, 0) is 6.54 Å². The van der Waals surface area contributed by atoms with Crippen molar-refractivity contribution in [3.63, 3.8) is 0 Å². The molecular formula is C16H24ClNO. The average molecular weight is 282 g/mol. The minimum Gasteiger partial charge on any atom is -0.489 e. The number of ether oxygens (including phenoxy) is 1. The number of hydrogen-bond acceptors (Lipinski definition) is 2. The lowest BCUT2D eigenvalue weighted by atomic mass is 9.80. The molecule has 1 aliphatic carbocycles. The predicted molar refractivity (Wildman–Crippen MR) is 80.8 cm³/mol. The van der Waals surface area contributed by atoms with Gasteiger partial charge in [-0.3, -0.25) is 0 Å². The Labute approximate surface area is 121 Å².